The Balaban J connectivity index is 1.88. The maximum absolute atomic E-state index is 13.4. The molecule has 0 aromatic rings. The fourth-order valence-corrected chi connectivity index (χ4v) is 6.41. The first-order valence-electron chi connectivity index (χ1n) is 12.5. The predicted octanol–water partition coefficient (Wildman–Crippen LogP) is 4.48. The minimum absolute atomic E-state index is 0.0191. The highest BCUT2D eigenvalue weighted by molar-refractivity contribution is 6.74. The molecule has 0 aromatic heterocycles. The monoisotopic (exact) mass is 506 g/mol. The van der Waals surface area contributed by atoms with Gasteiger partial charge in [0.25, 0.3) is 0 Å². The van der Waals surface area contributed by atoms with Crippen LogP contribution >= 0.6 is 0 Å². The van der Waals surface area contributed by atoms with Crippen LogP contribution in [0.2, 0.25) is 18.1 Å². The summed E-state index contributed by atoms with van der Waals surface area (Å²) < 4.78 is 17.5. The van der Waals surface area contributed by atoms with Gasteiger partial charge in [0.15, 0.2) is 8.32 Å². The summed E-state index contributed by atoms with van der Waals surface area (Å²) >= 11 is 0. The van der Waals surface area contributed by atoms with E-state index in [1.807, 2.05) is 27.7 Å². The molecular weight excluding hydrogens is 464 g/mol. The van der Waals surface area contributed by atoms with Crippen LogP contribution in [0.3, 0.4) is 0 Å². The molecule has 0 bridgehead atoms. The van der Waals surface area contributed by atoms with Crippen molar-refractivity contribution in [1.29, 1.82) is 0 Å². The van der Waals surface area contributed by atoms with Gasteiger partial charge in [0.05, 0.1) is 18.1 Å². The molecule has 0 N–H and O–H groups in total. The molecule has 0 unspecified atom stereocenters. The summed E-state index contributed by atoms with van der Waals surface area (Å²) in [5.74, 6) is -1.02. The summed E-state index contributed by atoms with van der Waals surface area (Å²) in [6, 6.07) is -0.163. The largest absolute Gasteiger partial charge is 0.457 e. The van der Waals surface area contributed by atoms with Gasteiger partial charge in [-0.05, 0) is 57.8 Å². The Bertz CT molecular complexity index is 929. The number of carbonyl (C=O) groups excluding carboxylic acids is 3. The Kier molecular flexibility index (Phi) is 7.36. The Morgan fingerprint density at radius 2 is 1.83 bits per heavy atom. The number of hydrogen-bond acceptors (Lipinski definition) is 6. The SMILES string of the molecule is C=CCOC(=O)C1=C2CN(C(=O)OC(C)(C)C)CC[C@@H]2[C@@H]2[C@@H]([C@@H](C)O[Si](C)(C)C(C)(C)C)C(=O)N12. The third kappa shape index (κ3) is 5.21. The molecule has 4 atom stereocenters. The average molecular weight is 507 g/mol. The number of hydrogen-bond donors (Lipinski definition) is 0. The molecule has 0 radical (unpaired) electrons. The van der Waals surface area contributed by atoms with E-state index in [4.69, 9.17) is 13.9 Å². The van der Waals surface area contributed by atoms with Crippen LogP contribution in [0.4, 0.5) is 4.79 Å². The van der Waals surface area contributed by atoms with Gasteiger partial charge in [-0.3, -0.25) is 4.79 Å². The Morgan fingerprint density at radius 1 is 1.20 bits per heavy atom. The molecular formula is C26H42N2O6Si. The van der Waals surface area contributed by atoms with Gasteiger partial charge in [-0.25, -0.2) is 9.59 Å². The number of likely N-dealkylation sites (tertiary alicyclic amines) is 1. The minimum Gasteiger partial charge on any atom is -0.457 e. The summed E-state index contributed by atoms with van der Waals surface area (Å²) in [5.41, 5.74) is 0.427. The molecule has 2 saturated heterocycles. The van der Waals surface area contributed by atoms with E-state index in [1.165, 1.54) is 6.08 Å². The zero-order valence-electron chi connectivity index (χ0n) is 22.8. The van der Waals surface area contributed by atoms with E-state index >= 15 is 0 Å². The highest BCUT2D eigenvalue weighted by Crippen LogP contribution is 2.51. The van der Waals surface area contributed by atoms with Crippen LogP contribution in [0.5, 0.6) is 0 Å². The van der Waals surface area contributed by atoms with E-state index in [9.17, 15) is 14.4 Å². The van der Waals surface area contributed by atoms with Crippen LogP contribution < -0.4 is 0 Å². The average Bonchev–Trinajstić information content (AvgIpc) is 2.99. The van der Waals surface area contributed by atoms with Crippen LogP contribution in [0.1, 0.15) is 54.9 Å². The summed E-state index contributed by atoms with van der Waals surface area (Å²) in [4.78, 5) is 42.5. The van der Waals surface area contributed by atoms with Gasteiger partial charge in [0.2, 0.25) is 5.91 Å². The molecule has 0 aromatic carbocycles. The zero-order valence-corrected chi connectivity index (χ0v) is 23.8. The lowest BCUT2D eigenvalue weighted by Gasteiger charge is -2.51. The van der Waals surface area contributed by atoms with Gasteiger partial charge in [-0.1, -0.05) is 33.4 Å². The summed E-state index contributed by atoms with van der Waals surface area (Å²) in [6.07, 6.45) is 1.45. The van der Waals surface area contributed by atoms with Gasteiger partial charge in [0, 0.05) is 19.0 Å². The van der Waals surface area contributed by atoms with E-state index in [-0.39, 0.29) is 53.8 Å². The molecule has 0 spiro atoms. The number of carbonyl (C=O) groups is 3. The fraction of sp³-hybridized carbons (Fsp3) is 0.731. The minimum atomic E-state index is -2.09. The first-order chi connectivity index (χ1) is 16.0. The number of rotatable bonds is 6. The smallest absolute Gasteiger partial charge is 0.410 e. The fourth-order valence-electron chi connectivity index (χ4n) is 4.98. The van der Waals surface area contributed by atoms with E-state index in [1.54, 1.807) is 9.80 Å². The molecule has 2 fully saturated rings. The van der Waals surface area contributed by atoms with E-state index in [2.05, 4.69) is 40.4 Å². The molecule has 9 heteroatoms. The van der Waals surface area contributed by atoms with Crippen LogP contribution in [0, 0.1) is 11.8 Å². The van der Waals surface area contributed by atoms with Gasteiger partial charge < -0.3 is 23.7 Å². The molecule has 3 aliphatic heterocycles. The van der Waals surface area contributed by atoms with Crippen LogP contribution in [-0.4, -0.2) is 73.5 Å². The van der Waals surface area contributed by atoms with Crippen molar-refractivity contribution in [2.24, 2.45) is 11.8 Å². The molecule has 2 amide bonds. The quantitative estimate of drug-likeness (QED) is 0.229. The molecule has 3 heterocycles. The van der Waals surface area contributed by atoms with Crippen molar-refractivity contribution in [2.75, 3.05) is 19.7 Å². The molecule has 0 aliphatic carbocycles. The number of ether oxygens (including phenoxy) is 2. The molecule has 35 heavy (non-hydrogen) atoms. The van der Waals surface area contributed by atoms with Crippen molar-refractivity contribution >= 4 is 26.3 Å². The number of piperidine rings is 1. The van der Waals surface area contributed by atoms with Gasteiger partial charge >= 0.3 is 12.1 Å². The van der Waals surface area contributed by atoms with Gasteiger partial charge in [-0.15, -0.1) is 0 Å². The van der Waals surface area contributed by atoms with Crippen molar-refractivity contribution in [2.45, 2.75) is 90.8 Å². The lowest BCUT2D eigenvalue weighted by molar-refractivity contribution is -0.163. The first kappa shape index (κ1) is 27.5. The van der Waals surface area contributed by atoms with Crippen LogP contribution in [-0.2, 0) is 23.5 Å². The van der Waals surface area contributed by atoms with Crippen molar-refractivity contribution in [3.8, 4) is 0 Å². The second kappa shape index (κ2) is 9.39. The number of esters is 1. The molecule has 0 saturated carbocycles. The maximum Gasteiger partial charge on any atom is 0.410 e. The second-order valence-corrected chi connectivity index (χ2v) is 17.1. The van der Waals surface area contributed by atoms with E-state index < -0.39 is 26.0 Å². The Labute approximate surface area is 210 Å². The summed E-state index contributed by atoms with van der Waals surface area (Å²) in [6.45, 7) is 22.7. The van der Waals surface area contributed by atoms with Crippen molar-refractivity contribution in [1.82, 2.24) is 9.80 Å². The van der Waals surface area contributed by atoms with Gasteiger partial charge in [0.1, 0.15) is 17.9 Å². The summed E-state index contributed by atoms with van der Waals surface area (Å²) in [7, 11) is -2.09. The lowest BCUT2D eigenvalue weighted by Crippen LogP contribution is -2.65. The lowest BCUT2D eigenvalue weighted by atomic mass is 9.74. The third-order valence-corrected chi connectivity index (χ3v) is 12.2. The topological polar surface area (TPSA) is 85.4 Å². The van der Waals surface area contributed by atoms with Crippen LogP contribution in [0.25, 0.3) is 0 Å². The normalized spacial score (nSPS) is 25.5. The highest BCUT2D eigenvalue weighted by atomic mass is 28.4. The van der Waals surface area contributed by atoms with E-state index in [0.717, 1.165) is 5.57 Å². The van der Waals surface area contributed by atoms with Crippen molar-refractivity contribution < 1.29 is 28.3 Å². The standard InChI is InChI=1S/C26H42N2O6Si/c1-11-14-32-23(30)21-18-15-27(24(31)33-25(3,4)5)13-12-17(18)20-19(22(29)28(20)21)16(2)34-35(9,10)26(6,7)8/h11,16-17,19-20H,1,12-15H2,2-10H3/t16-,17+,19-,20-/m1/s1. The number of amides is 2. The number of fused-ring (bicyclic) bond motifs is 3. The number of β-lactam (4-membered cyclic amide) rings is 1. The second-order valence-electron chi connectivity index (χ2n) is 12.4. The van der Waals surface area contributed by atoms with Gasteiger partial charge in [-0.2, -0.15) is 0 Å². The predicted molar refractivity (Wildman–Crippen MR) is 136 cm³/mol. The molecule has 3 rings (SSSR count). The highest BCUT2D eigenvalue weighted by Gasteiger charge is 2.63. The molecule has 196 valence electrons. The van der Waals surface area contributed by atoms with E-state index in [0.29, 0.717) is 13.0 Å². The maximum atomic E-state index is 13.4. The zero-order chi connectivity index (χ0) is 26.5. The molecule has 3 aliphatic rings. The Hall–Kier alpha value is -2.13. The molecule has 8 nitrogen and oxygen atoms in total. The summed E-state index contributed by atoms with van der Waals surface area (Å²) in [5, 5.41) is 0.0191. The Morgan fingerprint density at radius 3 is 2.37 bits per heavy atom. The third-order valence-electron chi connectivity index (χ3n) is 7.63. The van der Waals surface area contributed by atoms with Crippen LogP contribution in [0.15, 0.2) is 23.9 Å². The van der Waals surface area contributed by atoms with Crippen molar-refractivity contribution in [3.05, 3.63) is 23.9 Å². The van der Waals surface area contributed by atoms with Crippen molar-refractivity contribution in [3.63, 3.8) is 0 Å². The first-order valence-corrected chi connectivity index (χ1v) is 15.4. The number of nitrogens with zero attached hydrogens (tertiary/aromatic N) is 2.